The van der Waals surface area contributed by atoms with E-state index in [0.29, 0.717) is 56.8 Å². The molecule has 0 amide bonds. The number of carbonyl (C=O) groups excluding carboxylic acids is 2. The summed E-state index contributed by atoms with van der Waals surface area (Å²) in [6.45, 7) is 0. The number of carbonyl (C=O) groups is 2. The molecule has 1 N–H and O–H groups in total. The zero-order valence-corrected chi connectivity index (χ0v) is 20.6. The number of allylic oxidation sites excluding steroid dienone is 1. The van der Waals surface area contributed by atoms with Gasteiger partial charge in [0.15, 0.2) is 28.8 Å². The molecule has 0 saturated carbocycles. The number of esters is 1. The van der Waals surface area contributed by atoms with Gasteiger partial charge in [0.25, 0.3) is 0 Å². The maximum atomic E-state index is 13.3. The summed E-state index contributed by atoms with van der Waals surface area (Å²) in [7, 11) is 5.97. The van der Waals surface area contributed by atoms with Crippen LogP contribution in [0.4, 0.5) is 0 Å². The first-order chi connectivity index (χ1) is 17.9. The highest BCUT2D eigenvalue weighted by atomic mass is 16.5. The minimum Gasteiger partial charge on any atom is -0.504 e. The lowest BCUT2D eigenvalue weighted by atomic mass is 9.84. The lowest BCUT2D eigenvalue weighted by Crippen LogP contribution is -2.21. The van der Waals surface area contributed by atoms with Gasteiger partial charge in [0, 0.05) is 11.5 Å². The number of phenolic OH excluding ortho intramolecular Hbond substituents is 1. The summed E-state index contributed by atoms with van der Waals surface area (Å²) >= 11 is 0. The molecule has 0 radical (unpaired) electrons. The number of ether oxygens (including phenoxy) is 6. The molecule has 9 nitrogen and oxygen atoms in total. The second kappa shape index (κ2) is 9.42. The van der Waals surface area contributed by atoms with Crippen LogP contribution < -0.4 is 28.4 Å². The van der Waals surface area contributed by atoms with Crippen molar-refractivity contribution in [2.75, 3.05) is 28.4 Å². The van der Waals surface area contributed by atoms with E-state index in [4.69, 9.17) is 28.4 Å². The van der Waals surface area contributed by atoms with Gasteiger partial charge in [-0.15, -0.1) is 0 Å². The first-order valence-corrected chi connectivity index (χ1v) is 11.4. The third-order valence-corrected chi connectivity index (χ3v) is 6.37. The molecule has 0 saturated heterocycles. The summed E-state index contributed by atoms with van der Waals surface area (Å²) in [4.78, 5) is 25.7. The molecule has 3 aromatic rings. The van der Waals surface area contributed by atoms with Crippen LogP contribution in [0.25, 0.3) is 6.08 Å². The molecule has 0 unspecified atom stereocenters. The Morgan fingerprint density at radius 1 is 0.865 bits per heavy atom. The average molecular weight is 504 g/mol. The van der Waals surface area contributed by atoms with Crippen molar-refractivity contribution in [2.45, 2.75) is 12.3 Å². The quantitative estimate of drug-likeness (QED) is 0.295. The molecule has 2 aliphatic rings. The molecular formula is C28H24O9. The SMILES string of the molecule is COc1ccc([C@@H]2CC(=O)Oc3ccc4c(c32)O/C(=C\c2cc(OC)c(OC)c(OC)c2)C4=O)cc1O. The zero-order chi connectivity index (χ0) is 26.3. The van der Waals surface area contributed by atoms with Crippen molar-refractivity contribution < 1.29 is 43.1 Å². The monoisotopic (exact) mass is 504 g/mol. The number of rotatable bonds is 6. The van der Waals surface area contributed by atoms with E-state index in [0.717, 1.165) is 0 Å². The van der Waals surface area contributed by atoms with E-state index in [-0.39, 0.29) is 23.7 Å². The van der Waals surface area contributed by atoms with Crippen LogP contribution in [0.3, 0.4) is 0 Å². The van der Waals surface area contributed by atoms with Gasteiger partial charge in [0.05, 0.1) is 40.4 Å². The molecule has 2 heterocycles. The normalized spacial score (nSPS) is 17.0. The van der Waals surface area contributed by atoms with Crippen molar-refractivity contribution in [3.8, 4) is 40.2 Å². The lowest BCUT2D eigenvalue weighted by molar-refractivity contribution is -0.135. The van der Waals surface area contributed by atoms with Gasteiger partial charge in [-0.2, -0.15) is 0 Å². The molecule has 0 aromatic heterocycles. The summed E-state index contributed by atoms with van der Waals surface area (Å²) < 4.78 is 32.9. The molecule has 9 heteroatoms. The predicted octanol–water partition coefficient (Wildman–Crippen LogP) is 4.48. The fourth-order valence-corrected chi connectivity index (χ4v) is 4.65. The molecule has 5 rings (SSSR count). The van der Waals surface area contributed by atoms with E-state index in [2.05, 4.69) is 0 Å². The largest absolute Gasteiger partial charge is 0.504 e. The summed E-state index contributed by atoms with van der Waals surface area (Å²) in [6.07, 6.45) is 1.60. The topological polar surface area (TPSA) is 110 Å². The highest BCUT2D eigenvalue weighted by molar-refractivity contribution is 6.15. The molecule has 1 atom stereocenters. The van der Waals surface area contributed by atoms with Crippen molar-refractivity contribution in [3.63, 3.8) is 0 Å². The standard InChI is InChI=1S/C28H24O9/c1-32-19-7-5-15(12-18(19)29)17-13-24(30)36-20-8-6-16-26(31)21(37-27(16)25(17)20)9-14-10-22(33-2)28(35-4)23(11-14)34-3/h5-12,17,29H,13H2,1-4H3/b21-9-/t17-/m0/s1. The van der Waals surface area contributed by atoms with Crippen molar-refractivity contribution >= 4 is 17.8 Å². The number of hydrogen-bond donors (Lipinski definition) is 1. The number of phenols is 1. The number of benzene rings is 3. The van der Waals surface area contributed by atoms with E-state index in [1.54, 1.807) is 42.5 Å². The maximum absolute atomic E-state index is 13.3. The number of ketones is 1. The van der Waals surface area contributed by atoms with Crippen LogP contribution in [0, 0.1) is 0 Å². The van der Waals surface area contributed by atoms with E-state index in [1.165, 1.54) is 34.5 Å². The highest BCUT2D eigenvalue weighted by Crippen LogP contribution is 2.50. The lowest BCUT2D eigenvalue weighted by Gasteiger charge is -2.26. The van der Waals surface area contributed by atoms with Gasteiger partial charge in [-0.3, -0.25) is 9.59 Å². The Hall–Kier alpha value is -4.66. The van der Waals surface area contributed by atoms with Crippen LogP contribution in [0.2, 0.25) is 0 Å². The van der Waals surface area contributed by atoms with Gasteiger partial charge in [-0.05, 0) is 53.6 Å². The Morgan fingerprint density at radius 2 is 1.57 bits per heavy atom. The van der Waals surface area contributed by atoms with Crippen LogP contribution in [0.15, 0.2) is 48.2 Å². The third-order valence-electron chi connectivity index (χ3n) is 6.37. The number of aromatic hydroxyl groups is 1. The Morgan fingerprint density at radius 3 is 2.19 bits per heavy atom. The second-order valence-corrected chi connectivity index (χ2v) is 8.41. The Balaban J connectivity index is 1.59. The van der Waals surface area contributed by atoms with E-state index < -0.39 is 11.9 Å². The minimum absolute atomic E-state index is 0.0126. The van der Waals surface area contributed by atoms with Crippen LogP contribution >= 0.6 is 0 Å². The van der Waals surface area contributed by atoms with Crippen molar-refractivity contribution in [3.05, 3.63) is 70.5 Å². The Kier molecular flexibility index (Phi) is 6.12. The molecule has 0 bridgehead atoms. The van der Waals surface area contributed by atoms with Gasteiger partial charge in [0.2, 0.25) is 11.5 Å². The summed E-state index contributed by atoms with van der Waals surface area (Å²) in [5.41, 5.74) is 2.16. The van der Waals surface area contributed by atoms with Crippen molar-refractivity contribution in [1.82, 2.24) is 0 Å². The zero-order valence-electron chi connectivity index (χ0n) is 20.6. The Bertz CT molecular complexity index is 1430. The van der Waals surface area contributed by atoms with Crippen LogP contribution in [0.5, 0.6) is 40.2 Å². The summed E-state index contributed by atoms with van der Waals surface area (Å²) in [5.74, 6) is 0.991. The van der Waals surface area contributed by atoms with Gasteiger partial charge in [0.1, 0.15) is 11.5 Å². The molecule has 2 aliphatic heterocycles. The fraction of sp³-hybridized carbons (Fsp3) is 0.214. The Labute approximate surface area is 212 Å². The predicted molar refractivity (Wildman–Crippen MR) is 132 cm³/mol. The van der Waals surface area contributed by atoms with Gasteiger partial charge in [-0.1, -0.05) is 6.07 Å². The van der Waals surface area contributed by atoms with Crippen LogP contribution in [0.1, 0.15) is 39.4 Å². The summed E-state index contributed by atoms with van der Waals surface area (Å²) in [6, 6.07) is 11.5. The highest BCUT2D eigenvalue weighted by Gasteiger charge is 2.38. The third kappa shape index (κ3) is 4.08. The molecule has 190 valence electrons. The number of hydrogen-bond acceptors (Lipinski definition) is 9. The van der Waals surface area contributed by atoms with Crippen molar-refractivity contribution in [1.29, 1.82) is 0 Å². The number of Topliss-reactive ketones (excluding diaryl/α,β-unsaturated/α-hetero) is 1. The molecule has 0 spiro atoms. The molecule has 0 fully saturated rings. The molecular weight excluding hydrogens is 480 g/mol. The molecule has 3 aromatic carbocycles. The van der Waals surface area contributed by atoms with Gasteiger partial charge >= 0.3 is 5.97 Å². The fourth-order valence-electron chi connectivity index (χ4n) is 4.65. The first-order valence-electron chi connectivity index (χ1n) is 11.4. The number of methoxy groups -OCH3 is 4. The maximum Gasteiger partial charge on any atom is 0.312 e. The van der Waals surface area contributed by atoms with E-state index >= 15 is 0 Å². The summed E-state index contributed by atoms with van der Waals surface area (Å²) in [5, 5.41) is 10.3. The van der Waals surface area contributed by atoms with E-state index in [1.807, 2.05) is 0 Å². The van der Waals surface area contributed by atoms with Crippen LogP contribution in [-0.2, 0) is 4.79 Å². The smallest absolute Gasteiger partial charge is 0.312 e. The second-order valence-electron chi connectivity index (χ2n) is 8.41. The van der Waals surface area contributed by atoms with E-state index in [9.17, 15) is 14.7 Å². The van der Waals surface area contributed by atoms with Gasteiger partial charge < -0.3 is 33.5 Å². The molecule has 0 aliphatic carbocycles. The number of fused-ring (bicyclic) bond motifs is 3. The molecule has 37 heavy (non-hydrogen) atoms. The van der Waals surface area contributed by atoms with Crippen LogP contribution in [-0.4, -0.2) is 45.3 Å². The first kappa shape index (κ1) is 24.1. The van der Waals surface area contributed by atoms with Crippen molar-refractivity contribution in [2.24, 2.45) is 0 Å². The minimum atomic E-state index is -0.503. The van der Waals surface area contributed by atoms with Gasteiger partial charge in [-0.25, -0.2) is 0 Å². The average Bonchev–Trinajstić information content (AvgIpc) is 3.22.